The largest absolute Gasteiger partial charge is 0.366 e. The third-order valence-electron chi connectivity index (χ3n) is 2.75. The Morgan fingerprint density at radius 2 is 2.11 bits per heavy atom. The summed E-state index contributed by atoms with van der Waals surface area (Å²) in [7, 11) is 0. The topological polar surface area (TPSA) is 67.2 Å². The summed E-state index contributed by atoms with van der Waals surface area (Å²) >= 11 is 11.2. The van der Waals surface area contributed by atoms with Crippen LogP contribution in [0.25, 0.3) is 0 Å². The minimum absolute atomic E-state index is 0.412. The summed E-state index contributed by atoms with van der Waals surface area (Å²) in [6, 6.07) is 6.86. The first-order valence-electron chi connectivity index (χ1n) is 5.33. The van der Waals surface area contributed by atoms with E-state index in [0.29, 0.717) is 21.4 Å². The highest BCUT2D eigenvalue weighted by Gasteiger charge is 2.29. The van der Waals surface area contributed by atoms with Crippen LogP contribution in [0.5, 0.6) is 0 Å². The molecule has 4 nitrogen and oxygen atoms in total. The maximum absolute atomic E-state index is 11.6. The fourth-order valence-corrected chi connectivity index (χ4v) is 2.48. The Morgan fingerprint density at radius 1 is 1.44 bits per heavy atom. The number of hydrogen-bond donors (Lipinski definition) is 3. The highest BCUT2D eigenvalue weighted by Crippen LogP contribution is 2.30. The number of thiocarbonyl (C=S) groups is 1. The molecule has 1 amide bonds. The molecule has 1 heterocycles. The summed E-state index contributed by atoms with van der Waals surface area (Å²) in [6.07, 6.45) is 0. The van der Waals surface area contributed by atoms with Gasteiger partial charge in [-0.2, -0.15) is 0 Å². The van der Waals surface area contributed by atoms with Gasteiger partial charge in [-0.15, -0.1) is 0 Å². The maximum atomic E-state index is 11.6. The molecule has 0 fully saturated rings. The van der Waals surface area contributed by atoms with Crippen LogP contribution in [0.15, 0.2) is 35.5 Å². The first kappa shape index (κ1) is 12.9. The minimum atomic E-state index is -0.500. The molecule has 4 N–H and O–H groups in total. The molecule has 0 aromatic heterocycles. The van der Waals surface area contributed by atoms with E-state index >= 15 is 0 Å². The normalized spacial score (nSPS) is 19.2. The molecule has 0 saturated heterocycles. The van der Waals surface area contributed by atoms with E-state index in [4.69, 9.17) is 29.6 Å². The van der Waals surface area contributed by atoms with E-state index in [1.54, 1.807) is 13.0 Å². The van der Waals surface area contributed by atoms with Crippen LogP contribution < -0.4 is 16.4 Å². The lowest BCUT2D eigenvalue weighted by Gasteiger charge is -2.29. The molecule has 1 atom stereocenters. The number of primary amides is 1. The first-order valence-corrected chi connectivity index (χ1v) is 6.12. The van der Waals surface area contributed by atoms with Crippen LogP contribution in [0.3, 0.4) is 0 Å². The summed E-state index contributed by atoms with van der Waals surface area (Å²) < 4.78 is 0. The van der Waals surface area contributed by atoms with Gasteiger partial charge in [-0.05, 0) is 30.8 Å². The molecule has 0 spiro atoms. The molecule has 0 unspecified atom stereocenters. The standard InChI is InChI=1S/C12H12ClN3OS/c1-6-9(11(14)17)10(16-12(18)15-6)7-4-2-3-5-8(7)13/h2-5,10H,1H3,(H2,14,17)(H2,15,16,18)/t10-/m1/s1. The third-order valence-corrected chi connectivity index (χ3v) is 3.31. The predicted molar refractivity (Wildman–Crippen MR) is 75.0 cm³/mol. The zero-order valence-electron chi connectivity index (χ0n) is 9.66. The quantitative estimate of drug-likeness (QED) is 0.721. The van der Waals surface area contributed by atoms with Crippen molar-refractivity contribution in [2.75, 3.05) is 0 Å². The lowest BCUT2D eigenvalue weighted by molar-refractivity contribution is -0.115. The number of allylic oxidation sites excluding steroid dienone is 1. The van der Waals surface area contributed by atoms with Crippen LogP contribution in [0, 0.1) is 0 Å². The van der Waals surface area contributed by atoms with E-state index in [0.717, 1.165) is 5.56 Å². The Kier molecular flexibility index (Phi) is 3.54. The highest BCUT2D eigenvalue weighted by molar-refractivity contribution is 7.80. The number of halogens is 1. The van der Waals surface area contributed by atoms with Gasteiger partial charge >= 0.3 is 0 Å². The number of hydrogen-bond acceptors (Lipinski definition) is 2. The summed E-state index contributed by atoms with van der Waals surface area (Å²) in [4.78, 5) is 11.6. The Labute approximate surface area is 115 Å². The third kappa shape index (κ3) is 2.32. The molecule has 1 aliphatic rings. The van der Waals surface area contributed by atoms with Crippen LogP contribution in [0.4, 0.5) is 0 Å². The van der Waals surface area contributed by atoms with Crippen LogP contribution in [0.1, 0.15) is 18.5 Å². The summed E-state index contributed by atoms with van der Waals surface area (Å²) in [5.74, 6) is -0.500. The Bertz CT molecular complexity index is 556. The number of carbonyl (C=O) groups excluding carboxylic acids is 1. The molecule has 1 aromatic carbocycles. The summed E-state index contributed by atoms with van der Waals surface area (Å²) in [6.45, 7) is 1.76. The molecule has 0 saturated carbocycles. The van der Waals surface area contributed by atoms with E-state index in [1.807, 2.05) is 18.2 Å². The van der Waals surface area contributed by atoms with Crippen LogP contribution in [-0.2, 0) is 4.79 Å². The molecular formula is C12H12ClN3OS. The number of nitrogens with one attached hydrogen (secondary N) is 2. The SMILES string of the molecule is CC1=C(C(N)=O)[C@@H](c2ccccc2Cl)NC(=S)N1. The van der Waals surface area contributed by atoms with Crippen LogP contribution in [0.2, 0.25) is 5.02 Å². The summed E-state index contributed by atoms with van der Waals surface area (Å²) in [5, 5.41) is 6.91. The van der Waals surface area contributed by atoms with Crippen LogP contribution in [-0.4, -0.2) is 11.0 Å². The van der Waals surface area contributed by atoms with Gasteiger partial charge < -0.3 is 16.4 Å². The van der Waals surface area contributed by atoms with E-state index in [2.05, 4.69) is 10.6 Å². The number of carbonyl (C=O) groups is 1. The van der Waals surface area contributed by atoms with Gasteiger partial charge in [-0.3, -0.25) is 4.79 Å². The number of rotatable bonds is 2. The average Bonchev–Trinajstić information content (AvgIpc) is 2.27. The molecule has 0 aliphatic carbocycles. The highest BCUT2D eigenvalue weighted by atomic mass is 35.5. The maximum Gasteiger partial charge on any atom is 0.248 e. The van der Waals surface area contributed by atoms with Crippen molar-refractivity contribution in [1.29, 1.82) is 0 Å². The molecule has 94 valence electrons. The summed E-state index contributed by atoms with van der Waals surface area (Å²) in [5.41, 5.74) is 7.28. The monoisotopic (exact) mass is 281 g/mol. The number of benzene rings is 1. The fourth-order valence-electron chi connectivity index (χ4n) is 1.96. The Hall–Kier alpha value is -1.59. The lowest BCUT2D eigenvalue weighted by atomic mass is 9.95. The van der Waals surface area contributed by atoms with Gasteiger partial charge in [-0.1, -0.05) is 29.8 Å². The van der Waals surface area contributed by atoms with Gasteiger partial charge in [0.2, 0.25) is 5.91 Å². The lowest BCUT2D eigenvalue weighted by Crippen LogP contribution is -2.46. The van der Waals surface area contributed by atoms with Crippen LogP contribution >= 0.6 is 23.8 Å². The van der Waals surface area contributed by atoms with Crippen molar-refractivity contribution in [3.8, 4) is 0 Å². The first-order chi connectivity index (χ1) is 8.50. The van der Waals surface area contributed by atoms with Crippen molar-refractivity contribution >= 4 is 34.8 Å². The molecule has 2 rings (SSSR count). The van der Waals surface area contributed by atoms with Gasteiger partial charge in [0, 0.05) is 10.7 Å². The molecule has 1 aromatic rings. The zero-order chi connectivity index (χ0) is 13.3. The van der Waals surface area contributed by atoms with Crippen molar-refractivity contribution in [1.82, 2.24) is 10.6 Å². The van der Waals surface area contributed by atoms with E-state index in [9.17, 15) is 4.79 Å². The van der Waals surface area contributed by atoms with Crippen molar-refractivity contribution in [3.63, 3.8) is 0 Å². The van der Waals surface area contributed by atoms with Gasteiger partial charge in [0.15, 0.2) is 5.11 Å². The van der Waals surface area contributed by atoms with E-state index in [1.165, 1.54) is 0 Å². The Balaban J connectivity index is 2.54. The zero-order valence-corrected chi connectivity index (χ0v) is 11.2. The van der Waals surface area contributed by atoms with Gasteiger partial charge in [0.05, 0.1) is 11.6 Å². The van der Waals surface area contributed by atoms with Crippen molar-refractivity contribution in [2.24, 2.45) is 5.73 Å². The second-order valence-electron chi connectivity index (χ2n) is 3.96. The molecule has 0 radical (unpaired) electrons. The van der Waals surface area contributed by atoms with Crippen molar-refractivity contribution < 1.29 is 4.79 Å². The Morgan fingerprint density at radius 3 is 2.72 bits per heavy atom. The van der Waals surface area contributed by atoms with Gasteiger partial charge in [0.1, 0.15) is 0 Å². The average molecular weight is 282 g/mol. The molecule has 18 heavy (non-hydrogen) atoms. The van der Waals surface area contributed by atoms with Gasteiger partial charge in [-0.25, -0.2) is 0 Å². The molecule has 1 aliphatic heterocycles. The minimum Gasteiger partial charge on any atom is -0.366 e. The second-order valence-corrected chi connectivity index (χ2v) is 4.77. The second kappa shape index (κ2) is 4.96. The van der Waals surface area contributed by atoms with E-state index < -0.39 is 11.9 Å². The molecule has 6 heteroatoms. The fraction of sp³-hybridized carbons (Fsp3) is 0.167. The van der Waals surface area contributed by atoms with E-state index in [-0.39, 0.29) is 0 Å². The van der Waals surface area contributed by atoms with Crippen molar-refractivity contribution in [3.05, 3.63) is 46.1 Å². The van der Waals surface area contributed by atoms with Gasteiger partial charge in [0.25, 0.3) is 0 Å². The predicted octanol–water partition coefficient (Wildman–Crippen LogP) is 1.62. The smallest absolute Gasteiger partial charge is 0.248 e. The number of nitrogens with two attached hydrogens (primary N) is 1. The van der Waals surface area contributed by atoms with Crippen molar-refractivity contribution in [2.45, 2.75) is 13.0 Å². The molecular weight excluding hydrogens is 270 g/mol. The number of amides is 1. The molecule has 0 bridgehead atoms.